The molecule has 0 aliphatic heterocycles. The highest BCUT2D eigenvalue weighted by atomic mass is 79.9. The number of hydrogen-bond acceptors (Lipinski definition) is 3. The molecule has 1 rings (SSSR count). The Kier molecular flexibility index (Phi) is 5.35. The third kappa shape index (κ3) is 3.96. The Labute approximate surface area is 119 Å². The minimum atomic E-state index is -1.41. The van der Waals surface area contributed by atoms with Crippen LogP contribution >= 0.6 is 15.9 Å². The fourth-order valence-corrected chi connectivity index (χ4v) is 2.22. The molecule has 0 aromatic heterocycles. The Bertz CT molecular complexity index is 472. The van der Waals surface area contributed by atoms with Crippen LogP contribution in [0.4, 0.5) is 0 Å². The van der Waals surface area contributed by atoms with Crippen molar-refractivity contribution in [2.24, 2.45) is 5.92 Å². The Morgan fingerprint density at radius 1 is 1.32 bits per heavy atom. The molecule has 104 valence electrons. The van der Waals surface area contributed by atoms with Gasteiger partial charge in [-0.25, -0.2) is 0 Å². The molecule has 0 fully saturated rings. The van der Waals surface area contributed by atoms with E-state index in [9.17, 15) is 9.59 Å². The van der Waals surface area contributed by atoms with Crippen LogP contribution in [0.25, 0.3) is 0 Å². The van der Waals surface area contributed by atoms with Crippen molar-refractivity contribution < 1.29 is 24.5 Å². The van der Waals surface area contributed by atoms with Gasteiger partial charge in [-0.1, -0.05) is 28.9 Å². The first-order valence-corrected chi connectivity index (χ1v) is 6.45. The predicted molar refractivity (Wildman–Crippen MR) is 72.5 cm³/mol. The molecular weight excluding hydrogens is 316 g/mol. The fourth-order valence-electron chi connectivity index (χ4n) is 1.88. The Balaban J connectivity index is 2.97. The number of benzene rings is 1. The summed E-state index contributed by atoms with van der Waals surface area (Å²) in [6, 6.07) is 5.38. The monoisotopic (exact) mass is 330 g/mol. The van der Waals surface area contributed by atoms with E-state index in [-0.39, 0.29) is 12.3 Å². The van der Waals surface area contributed by atoms with Crippen molar-refractivity contribution in [3.05, 3.63) is 28.2 Å². The van der Waals surface area contributed by atoms with Crippen molar-refractivity contribution in [2.45, 2.75) is 19.3 Å². The summed E-state index contributed by atoms with van der Waals surface area (Å²) in [6.45, 7) is 1.78. The van der Waals surface area contributed by atoms with Crippen molar-refractivity contribution in [3.63, 3.8) is 0 Å². The lowest BCUT2D eigenvalue weighted by Crippen LogP contribution is -2.25. The molecule has 1 atom stereocenters. The van der Waals surface area contributed by atoms with Gasteiger partial charge in [0, 0.05) is 4.47 Å². The molecule has 0 bridgehead atoms. The van der Waals surface area contributed by atoms with Gasteiger partial charge in [-0.3, -0.25) is 9.59 Å². The number of carboxylic acids is 2. The summed E-state index contributed by atoms with van der Waals surface area (Å²) < 4.78 is 6.07. The average Bonchev–Trinajstić information content (AvgIpc) is 2.34. The van der Waals surface area contributed by atoms with Gasteiger partial charge in [-0.05, 0) is 30.0 Å². The van der Waals surface area contributed by atoms with Gasteiger partial charge in [0.25, 0.3) is 0 Å². The van der Waals surface area contributed by atoms with Crippen molar-refractivity contribution in [1.29, 1.82) is 0 Å². The SMILES string of the molecule is COc1cc(Br)ccc1[C@@H](C)CC(C(=O)O)C(=O)O. The summed E-state index contributed by atoms with van der Waals surface area (Å²) in [4.78, 5) is 21.8. The molecule has 1 aromatic carbocycles. The van der Waals surface area contributed by atoms with Crippen molar-refractivity contribution >= 4 is 27.9 Å². The zero-order valence-electron chi connectivity index (χ0n) is 10.6. The number of halogens is 1. The Morgan fingerprint density at radius 2 is 1.89 bits per heavy atom. The van der Waals surface area contributed by atoms with Crippen LogP contribution in [-0.4, -0.2) is 29.3 Å². The molecule has 0 saturated heterocycles. The molecule has 6 heteroatoms. The first-order valence-electron chi connectivity index (χ1n) is 5.65. The zero-order chi connectivity index (χ0) is 14.6. The highest BCUT2D eigenvalue weighted by Crippen LogP contribution is 2.33. The second kappa shape index (κ2) is 6.56. The maximum Gasteiger partial charge on any atom is 0.317 e. The Morgan fingerprint density at radius 3 is 2.37 bits per heavy atom. The minimum Gasteiger partial charge on any atom is -0.496 e. The second-order valence-corrected chi connectivity index (χ2v) is 5.17. The molecule has 0 aliphatic carbocycles. The molecule has 0 saturated carbocycles. The van der Waals surface area contributed by atoms with E-state index >= 15 is 0 Å². The highest BCUT2D eigenvalue weighted by molar-refractivity contribution is 9.10. The minimum absolute atomic E-state index is 0.0165. The summed E-state index contributed by atoms with van der Waals surface area (Å²) in [5.41, 5.74) is 0.790. The van der Waals surface area contributed by atoms with E-state index in [1.165, 1.54) is 7.11 Å². The molecule has 0 radical (unpaired) electrons. The number of hydrogen-bond donors (Lipinski definition) is 2. The lowest BCUT2D eigenvalue weighted by atomic mass is 9.89. The van der Waals surface area contributed by atoms with Gasteiger partial charge in [-0.2, -0.15) is 0 Å². The lowest BCUT2D eigenvalue weighted by molar-refractivity contribution is -0.154. The molecule has 0 aliphatic rings. The van der Waals surface area contributed by atoms with E-state index in [1.54, 1.807) is 19.1 Å². The van der Waals surface area contributed by atoms with Crippen LogP contribution in [0.5, 0.6) is 5.75 Å². The van der Waals surface area contributed by atoms with Gasteiger partial charge >= 0.3 is 11.9 Å². The molecule has 0 spiro atoms. The standard InChI is InChI=1S/C13H15BrO5/c1-7(5-10(12(15)16)13(17)18)9-4-3-8(14)6-11(9)19-2/h3-4,6-7,10H,5H2,1-2H3,(H,15,16)(H,17,18)/t7-/m0/s1. The van der Waals surface area contributed by atoms with E-state index in [0.717, 1.165) is 10.0 Å². The number of carbonyl (C=O) groups is 2. The molecule has 0 heterocycles. The van der Waals surface area contributed by atoms with Crippen molar-refractivity contribution in [2.75, 3.05) is 7.11 Å². The fraction of sp³-hybridized carbons (Fsp3) is 0.385. The summed E-state index contributed by atoms with van der Waals surface area (Å²) in [5.74, 6) is -3.69. The van der Waals surface area contributed by atoms with Crippen LogP contribution < -0.4 is 4.74 Å². The second-order valence-electron chi connectivity index (χ2n) is 4.25. The highest BCUT2D eigenvalue weighted by Gasteiger charge is 2.29. The van der Waals surface area contributed by atoms with Crippen LogP contribution in [0.2, 0.25) is 0 Å². The molecular formula is C13H15BrO5. The first-order chi connectivity index (χ1) is 8.86. The lowest BCUT2D eigenvalue weighted by Gasteiger charge is -2.18. The van der Waals surface area contributed by atoms with E-state index in [4.69, 9.17) is 14.9 Å². The number of aliphatic carboxylic acids is 2. The maximum absolute atomic E-state index is 10.9. The summed E-state index contributed by atoms with van der Waals surface area (Å²) in [7, 11) is 1.52. The van der Waals surface area contributed by atoms with E-state index in [0.29, 0.717) is 5.75 Å². The van der Waals surface area contributed by atoms with Crippen molar-refractivity contribution in [1.82, 2.24) is 0 Å². The van der Waals surface area contributed by atoms with Crippen molar-refractivity contribution in [3.8, 4) is 5.75 Å². The predicted octanol–water partition coefficient (Wildman–Crippen LogP) is 2.74. The van der Waals surface area contributed by atoms with Crippen LogP contribution in [0.15, 0.2) is 22.7 Å². The van der Waals surface area contributed by atoms with Gasteiger partial charge in [0.05, 0.1) is 7.11 Å². The van der Waals surface area contributed by atoms with Gasteiger partial charge in [-0.15, -0.1) is 0 Å². The molecule has 5 nitrogen and oxygen atoms in total. The van der Waals surface area contributed by atoms with Gasteiger partial charge in [0.15, 0.2) is 5.92 Å². The first kappa shape index (κ1) is 15.5. The zero-order valence-corrected chi connectivity index (χ0v) is 12.2. The average molecular weight is 331 g/mol. The smallest absolute Gasteiger partial charge is 0.317 e. The molecule has 0 unspecified atom stereocenters. The van der Waals surface area contributed by atoms with E-state index in [1.807, 2.05) is 6.07 Å². The van der Waals surface area contributed by atoms with E-state index < -0.39 is 17.9 Å². The molecule has 19 heavy (non-hydrogen) atoms. The van der Waals surface area contributed by atoms with Gasteiger partial charge in [0.2, 0.25) is 0 Å². The largest absolute Gasteiger partial charge is 0.496 e. The maximum atomic E-state index is 10.9. The van der Waals surface area contributed by atoms with Crippen LogP contribution in [0, 0.1) is 5.92 Å². The summed E-state index contributed by atoms with van der Waals surface area (Å²) >= 11 is 3.32. The van der Waals surface area contributed by atoms with Crippen LogP contribution in [0.1, 0.15) is 24.8 Å². The van der Waals surface area contributed by atoms with Crippen LogP contribution in [0.3, 0.4) is 0 Å². The Hall–Kier alpha value is -1.56. The number of ether oxygens (including phenoxy) is 1. The number of carboxylic acid groups (broad SMARTS) is 2. The summed E-state index contributed by atoms with van der Waals surface area (Å²) in [5, 5.41) is 17.8. The van der Waals surface area contributed by atoms with E-state index in [2.05, 4.69) is 15.9 Å². The third-order valence-electron chi connectivity index (χ3n) is 2.91. The summed E-state index contributed by atoms with van der Waals surface area (Å²) in [6.07, 6.45) is 0.0165. The van der Waals surface area contributed by atoms with Crippen LogP contribution in [-0.2, 0) is 9.59 Å². The number of rotatable bonds is 6. The topological polar surface area (TPSA) is 83.8 Å². The molecule has 1 aromatic rings. The van der Waals surface area contributed by atoms with Gasteiger partial charge in [0.1, 0.15) is 5.75 Å². The molecule has 2 N–H and O–H groups in total. The normalized spacial score (nSPS) is 12.2. The quantitative estimate of drug-likeness (QED) is 0.783. The number of methoxy groups -OCH3 is 1. The molecule has 0 amide bonds. The van der Waals surface area contributed by atoms with Gasteiger partial charge < -0.3 is 14.9 Å². The third-order valence-corrected chi connectivity index (χ3v) is 3.41.